The molecule has 2 aromatic carbocycles. The van der Waals surface area contributed by atoms with Crippen LogP contribution in [0.1, 0.15) is 114 Å². The summed E-state index contributed by atoms with van der Waals surface area (Å²) in [6.45, 7) is 30.6. The first kappa shape index (κ1) is 62.7. The van der Waals surface area contributed by atoms with Gasteiger partial charge in [0.2, 0.25) is 5.91 Å². The van der Waals surface area contributed by atoms with Crippen LogP contribution in [-0.2, 0) is 31.2 Å². The average Bonchev–Trinajstić information content (AvgIpc) is 1.91. The molecule has 21 nitrogen and oxygen atoms in total. The van der Waals surface area contributed by atoms with Crippen molar-refractivity contribution in [3.8, 4) is 5.75 Å². The highest BCUT2D eigenvalue weighted by Crippen LogP contribution is 2.41. The Hall–Kier alpha value is -7.34. The lowest BCUT2D eigenvalue weighted by Gasteiger charge is -2.48. The van der Waals surface area contributed by atoms with Crippen LogP contribution in [0.5, 0.6) is 5.75 Å². The second kappa shape index (κ2) is 25.0. The van der Waals surface area contributed by atoms with Gasteiger partial charge < -0.3 is 34.4 Å². The maximum absolute atomic E-state index is 14.7. The monoisotopic (exact) mass is 1210 g/mol. The normalized spacial score (nSPS) is 19.8. The number of rotatable bonds is 16. The van der Waals surface area contributed by atoms with Crippen molar-refractivity contribution in [3.63, 3.8) is 0 Å². The number of hydrogen-bond donors (Lipinski definition) is 2. The van der Waals surface area contributed by atoms with Gasteiger partial charge in [0, 0.05) is 137 Å². The van der Waals surface area contributed by atoms with Crippen LogP contribution in [0.3, 0.4) is 0 Å². The van der Waals surface area contributed by atoms with Gasteiger partial charge >= 0.3 is 6.09 Å². The number of anilines is 4. The number of ether oxygens (including phenoxy) is 2. The molecule has 87 heavy (non-hydrogen) atoms. The van der Waals surface area contributed by atoms with E-state index in [0.717, 1.165) is 72.3 Å². The van der Waals surface area contributed by atoms with Crippen LogP contribution in [0.25, 0.3) is 10.9 Å². The van der Waals surface area contributed by atoms with Gasteiger partial charge in [-0.1, -0.05) is 26.0 Å². The Bertz CT molecular complexity index is 3600. The highest BCUT2D eigenvalue weighted by atomic mass is 32.2. The van der Waals surface area contributed by atoms with Crippen LogP contribution in [0.15, 0.2) is 78.2 Å². The molecule has 3 saturated heterocycles. The third-order valence-corrected chi connectivity index (χ3v) is 19.8. The van der Waals surface area contributed by atoms with Crippen LogP contribution in [-0.4, -0.2) is 201 Å². The molecule has 23 heteroatoms. The molecule has 4 aromatic heterocycles. The molecule has 3 amide bonds. The Morgan fingerprint density at radius 3 is 2.23 bits per heavy atom. The van der Waals surface area contributed by atoms with Gasteiger partial charge in [0.25, 0.3) is 5.91 Å². The molecule has 0 unspecified atom stereocenters. The highest BCUT2D eigenvalue weighted by molar-refractivity contribution is 7.92. The lowest BCUT2D eigenvalue weighted by Crippen LogP contribution is -2.65. The summed E-state index contributed by atoms with van der Waals surface area (Å²) >= 11 is 0. The van der Waals surface area contributed by atoms with E-state index in [1.807, 2.05) is 75.7 Å². The average molecular weight is 1210 g/mol. The first-order chi connectivity index (χ1) is 41.1. The number of carbonyl (C=O) groups excluding carboxylic acids is 3. The fourth-order valence-corrected chi connectivity index (χ4v) is 13.4. The minimum Gasteiger partial charge on any atom is -0.492 e. The molecule has 0 saturated carbocycles. The predicted octanol–water partition coefficient (Wildman–Crippen LogP) is 8.18. The van der Waals surface area contributed by atoms with E-state index in [1.165, 1.54) is 18.5 Å². The first-order valence-electron chi connectivity index (χ1n) is 30.3. The van der Waals surface area contributed by atoms with Gasteiger partial charge in [0.05, 0.1) is 40.4 Å². The van der Waals surface area contributed by atoms with Gasteiger partial charge in [-0.05, 0) is 130 Å². The van der Waals surface area contributed by atoms with Gasteiger partial charge in [-0.2, -0.15) is 5.10 Å². The number of sulfone groups is 1. The number of amides is 3. The van der Waals surface area contributed by atoms with Crippen LogP contribution < -0.4 is 19.9 Å². The molecule has 8 heterocycles. The number of aryl methyl sites for hydroxylation is 1. The Morgan fingerprint density at radius 2 is 1.56 bits per heavy atom. The molecule has 0 bridgehead atoms. The van der Waals surface area contributed by atoms with Crippen molar-refractivity contribution in [3.05, 3.63) is 113 Å². The summed E-state index contributed by atoms with van der Waals surface area (Å²) in [5, 5.41) is 11.1. The van der Waals surface area contributed by atoms with Crippen molar-refractivity contribution in [2.75, 3.05) is 107 Å². The Kier molecular flexibility index (Phi) is 18.0. The minimum absolute atomic E-state index is 0.0173. The van der Waals surface area contributed by atoms with Crippen molar-refractivity contribution in [1.82, 2.24) is 54.6 Å². The summed E-state index contributed by atoms with van der Waals surface area (Å²) in [7, 11) is -3.84. The van der Waals surface area contributed by atoms with E-state index in [4.69, 9.17) is 19.4 Å². The number of halogens is 1. The van der Waals surface area contributed by atoms with E-state index in [0.29, 0.717) is 93.4 Å². The number of fused-ring (bicyclic) bond motifs is 2. The zero-order valence-electron chi connectivity index (χ0n) is 52.5. The van der Waals surface area contributed by atoms with Crippen molar-refractivity contribution >= 4 is 61.8 Å². The third-order valence-electron chi connectivity index (χ3n) is 17.3. The van der Waals surface area contributed by atoms with E-state index in [9.17, 15) is 27.2 Å². The lowest BCUT2D eigenvalue weighted by atomic mass is 9.91. The van der Waals surface area contributed by atoms with Crippen LogP contribution in [0.2, 0.25) is 0 Å². The third kappa shape index (κ3) is 14.0. The molecule has 2 N–H and O–H groups in total. The largest absolute Gasteiger partial charge is 0.492 e. The van der Waals surface area contributed by atoms with Gasteiger partial charge in [-0.15, -0.1) is 0 Å². The predicted molar refractivity (Wildman–Crippen MR) is 334 cm³/mol. The van der Waals surface area contributed by atoms with E-state index < -0.39 is 20.2 Å². The maximum atomic E-state index is 14.7. The second-order valence-corrected chi connectivity index (χ2v) is 29.2. The summed E-state index contributed by atoms with van der Waals surface area (Å²) in [6, 6.07) is 15.1. The number of H-pyrrole nitrogens is 1. The summed E-state index contributed by atoms with van der Waals surface area (Å²) in [5.74, 6) is 1.68. The zero-order chi connectivity index (χ0) is 62.3. The molecule has 0 radical (unpaired) electrons. The molecule has 3 atom stereocenters. The molecule has 0 spiro atoms. The molecule has 4 aliphatic heterocycles. The second-order valence-electron chi connectivity index (χ2n) is 26.6. The first-order valence-corrected chi connectivity index (χ1v) is 31.8. The van der Waals surface area contributed by atoms with Gasteiger partial charge in [-0.25, -0.2) is 32.6 Å². The number of carbonyl (C=O) groups is 3. The number of aromatic nitrogens is 6. The fraction of sp³-hybridized carbons (Fsp3) is 0.531. The zero-order valence-corrected chi connectivity index (χ0v) is 53.3. The topological polar surface area (TPSA) is 219 Å². The van der Waals surface area contributed by atoms with Gasteiger partial charge in [-0.3, -0.25) is 34.4 Å². The summed E-state index contributed by atoms with van der Waals surface area (Å²) in [6.07, 6.45) is 5.81. The molecule has 466 valence electrons. The quantitative estimate of drug-likeness (QED) is 0.0873. The van der Waals surface area contributed by atoms with Crippen LogP contribution in [0, 0.1) is 19.7 Å². The summed E-state index contributed by atoms with van der Waals surface area (Å²) < 4.78 is 52.9. The smallest absolute Gasteiger partial charge is 0.410 e. The molecular weight excluding hydrogens is 1130 g/mol. The fourth-order valence-electron chi connectivity index (χ4n) is 12.1. The molecular formula is C64H85FN14O7S. The maximum Gasteiger partial charge on any atom is 0.410 e. The Labute approximate surface area is 510 Å². The number of nitrogens with one attached hydrogen (secondary N) is 2. The summed E-state index contributed by atoms with van der Waals surface area (Å²) in [4.78, 5) is 75.9. The lowest BCUT2D eigenvalue weighted by molar-refractivity contribution is -0.121. The number of pyridine rings is 2. The summed E-state index contributed by atoms with van der Waals surface area (Å²) in [5.41, 5.74) is 5.39. The molecule has 3 fully saturated rings. The van der Waals surface area contributed by atoms with Crippen LogP contribution >= 0.6 is 0 Å². The Balaban J connectivity index is 0.728. The SMILES string of the molecule is Cc1[nH]nc(Nc2ncnc3cc(OCCCN4CCN(c5ccc(C(=O)N6CCN(C[C@H]7CN(C(=O)OC(C)(C)C)[C@H](C)CN7CC(=O)N7CC(C)(C)c8ncc(Cc9ccc(F)cc9)cc87)[C@H](C)C6)cn5)CC4)c(S(=O)(=O)C(C)(C)C)cc23)c1C. The Morgan fingerprint density at radius 1 is 0.816 bits per heavy atom. The van der Waals surface area contributed by atoms with Crippen LogP contribution in [0.4, 0.5) is 32.3 Å². The van der Waals surface area contributed by atoms with Gasteiger partial charge in [0.15, 0.2) is 15.7 Å². The van der Waals surface area contributed by atoms with Gasteiger partial charge in [0.1, 0.15) is 40.0 Å². The molecule has 0 aliphatic carbocycles. The number of hydrogen-bond acceptors (Lipinski definition) is 17. The van der Waals surface area contributed by atoms with E-state index in [-0.39, 0.29) is 64.5 Å². The minimum atomic E-state index is -3.84. The van der Waals surface area contributed by atoms with Crippen molar-refractivity contribution < 1.29 is 36.7 Å². The number of piperazine rings is 3. The molecule has 4 aliphatic rings. The number of nitrogens with zero attached hydrogens (tertiary/aromatic N) is 12. The molecule has 10 rings (SSSR count). The van der Waals surface area contributed by atoms with Crippen molar-refractivity contribution in [1.29, 1.82) is 0 Å². The van der Waals surface area contributed by atoms with E-state index in [1.54, 1.807) is 56.1 Å². The van der Waals surface area contributed by atoms with Crippen molar-refractivity contribution in [2.24, 2.45) is 0 Å². The van der Waals surface area contributed by atoms with E-state index >= 15 is 0 Å². The molecule has 6 aromatic rings. The number of aromatic amines is 1. The van der Waals surface area contributed by atoms with Crippen molar-refractivity contribution in [2.45, 2.75) is 135 Å². The standard InChI is InChI=1S/C64H85FN14O7S/c1-41-34-76(26-25-75(41)36-49-37-78(61(82)86-62(5,6)7)42(2)35-77(49)38-56(80)79-39-64(11,12)57-52(79)29-46(32-67-57)28-45-14-17-48(65)18-15-45)60(81)47-16-19-55(66-33-47)74-23-21-73(22-24-74)20-13-27-85-53-31-51-50(30-54(53)87(83,84)63(8,9)10)59(69-40-68-51)70-58-43(3)44(4)71-72-58/h14-19,29-33,40-42,49H,13,20-28,34-39H2,1-12H3,(H2,68,69,70,71,72)/t41-,42-,49+/m1/s1. The number of benzene rings is 2. The highest BCUT2D eigenvalue weighted by Gasteiger charge is 2.44. The van der Waals surface area contributed by atoms with E-state index in [2.05, 4.69) is 65.9 Å².